The number of benzene rings is 2. The van der Waals surface area contributed by atoms with Crippen molar-refractivity contribution in [1.82, 2.24) is 9.88 Å². The summed E-state index contributed by atoms with van der Waals surface area (Å²) in [5.41, 5.74) is 4.19. The second-order valence-electron chi connectivity index (χ2n) is 9.51. The van der Waals surface area contributed by atoms with E-state index in [1.165, 1.54) is 4.90 Å². The monoisotopic (exact) mass is 497 g/mol. The molecule has 37 heavy (non-hydrogen) atoms. The van der Waals surface area contributed by atoms with Gasteiger partial charge in [0.2, 0.25) is 0 Å². The summed E-state index contributed by atoms with van der Waals surface area (Å²) in [6.45, 7) is 8.13. The number of ether oxygens (including phenoxy) is 1. The van der Waals surface area contributed by atoms with Crippen LogP contribution in [0.2, 0.25) is 0 Å². The van der Waals surface area contributed by atoms with Gasteiger partial charge in [-0.15, -0.1) is 0 Å². The third-order valence-electron chi connectivity index (χ3n) is 7.12. The normalized spacial score (nSPS) is 20.1. The van der Waals surface area contributed by atoms with Crippen LogP contribution in [0.25, 0.3) is 5.76 Å². The Morgan fingerprint density at radius 2 is 1.86 bits per heavy atom. The van der Waals surface area contributed by atoms with Crippen molar-refractivity contribution in [2.75, 3.05) is 18.0 Å². The number of aliphatic hydroxyl groups excluding tert-OH is 1. The van der Waals surface area contributed by atoms with Crippen LogP contribution in [0.3, 0.4) is 0 Å². The van der Waals surface area contributed by atoms with Gasteiger partial charge >= 0.3 is 0 Å². The van der Waals surface area contributed by atoms with E-state index in [9.17, 15) is 14.7 Å². The van der Waals surface area contributed by atoms with Crippen LogP contribution in [0, 0.1) is 0 Å². The number of fused-ring (bicyclic) bond motifs is 1. The Morgan fingerprint density at radius 3 is 2.54 bits per heavy atom. The van der Waals surface area contributed by atoms with Gasteiger partial charge in [-0.2, -0.15) is 0 Å². The standard InChI is InChI=1S/C30H31N3O4/c1-4-32(5-2)24-11-8-21(9-12-24)27-26(28(34)22-10-13-25-23(16-22)15-19(3)37-25)29(35)30(36)33(27)18-20-7-6-14-31-17-20/h6-14,16-17,19,27,34H,4-5,15,18H2,1-3H3/b28-26-. The quantitative estimate of drug-likeness (QED) is 0.285. The molecule has 2 aliphatic heterocycles. The largest absolute Gasteiger partial charge is 0.507 e. The van der Waals surface area contributed by atoms with Crippen molar-refractivity contribution in [2.24, 2.45) is 0 Å². The Bertz CT molecular complexity index is 1350. The highest BCUT2D eigenvalue weighted by Crippen LogP contribution is 2.41. The number of pyridine rings is 1. The molecule has 1 fully saturated rings. The Labute approximate surface area is 217 Å². The predicted octanol–water partition coefficient (Wildman–Crippen LogP) is 4.87. The molecule has 1 N–H and O–H groups in total. The van der Waals surface area contributed by atoms with Crippen LogP contribution in [-0.2, 0) is 22.6 Å². The molecule has 1 aromatic heterocycles. The van der Waals surface area contributed by atoms with Crippen molar-refractivity contribution >= 4 is 23.1 Å². The summed E-state index contributed by atoms with van der Waals surface area (Å²) < 4.78 is 5.79. The zero-order valence-electron chi connectivity index (χ0n) is 21.3. The summed E-state index contributed by atoms with van der Waals surface area (Å²) in [4.78, 5) is 34.6. The molecule has 7 nitrogen and oxygen atoms in total. The number of Topliss-reactive ketones (excluding diaryl/α,β-unsaturated/α-hetero) is 1. The van der Waals surface area contributed by atoms with Crippen LogP contribution in [0.1, 0.15) is 49.1 Å². The number of hydrogen-bond donors (Lipinski definition) is 1. The van der Waals surface area contributed by atoms with E-state index in [1.54, 1.807) is 24.5 Å². The van der Waals surface area contributed by atoms with Crippen LogP contribution < -0.4 is 9.64 Å². The fourth-order valence-electron chi connectivity index (χ4n) is 5.26. The third-order valence-corrected chi connectivity index (χ3v) is 7.12. The van der Waals surface area contributed by atoms with Gasteiger partial charge in [-0.3, -0.25) is 14.6 Å². The van der Waals surface area contributed by atoms with Gasteiger partial charge in [-0.05, 0) is 73.9 Å². The number of nitrogens with zero attached hydrogens (tertiary/aromatic N) is 3. The molecule has 0 aliphatic carbocycles. The van der Waals surface area contributed by atoms with Gasteiger partial charge in [0.1, 0.15) is 17.6 Å². The van der Waals surface area contributed by atoms with E-state index < -0.39 is 17.7 Å². The Hall–Kier alpha value is -4.13. The van der Waals surface area contributed by atoms with Crippen molar-refractivity contribution in [3.63, 3.8) is 0 Å². The fraction of sp³-hybridized carbons (Fsp3) is 0.300. The molecule has 2 aromatic carbocycles. The second kappa shape index (κ2) is 10.1. The lowest BCUT2D eigenvalue weighted by Gasteiger charge is -2.26. The van der Waals surface area contributed by atoms with Gasteiger partial charge < -0.3 is 19.6 Å². The molecule has 2 atom stereocenters. The number of ketones is 1. The maximum Gasteiger partial charge on any atom is 0.295 e. The predicted molar refractivity (Wildman–Crippen MR) is 142 cm³/mol. The average molecular weight is 498 g/mol. The maximum absolute atomic E-state index is 13.4. The van der Waals surface area contributed by atoms with Crippen LogP contribution in [0.5, 0.6) is 5.75 Å². The maximum atomic E-state index is 13.4. The minimum Gasteiger partial charge on any atom is -0.507 e. The third kappa shape index (κ3) is 4.57. The van der Waals surface area contributed by atoms with Crippen molar-refractivity contribution in [3.8, 4) is 5.75 Å². The summed E-state index contributed by atoms with van der Waals surface area (Å²) in [5.74, 6) is -0.720. The summed E-state index contributed by atoms with van der Waals surface area (Å²) in [6, 6.07) is 16.2. The summed E-state index contributed by atoms with van der Waals surface area (Å²) in [7, 11) is 0. The zero-order chi connectivity index (χ0) is 26.1. The van der Waals surface area contributed by atoms with E-state index in [4.69, 9.17) is 4.74 Å². The molecule has 5 rings (SSSR count). The molecular weight excluding hydrogens is 466 g/mol. The molecule has 2 unspecified atom stereocenters. The second-order valence-corrected chi connectivity index (χ2v) is 9.51. The van der Waals surface area contributed by atoms with E-state index >= 15 is 0 Å². The average Bonchev–Trinajstić information content (AvgIpc) is 3.41. The molecular formula is C30H31N3O4. The zero-order valence-corrected chi connectivity index (χ0v) is 21.3. The number of rotatable bonds is 7. The molecule has 3 aromatic rings. The fourth-order valence-corrected chi connectivity index (χ4v) is 5.26. The molecule has 0 saturated carbocycles. The van der Waals surface area contributed by atoms with Gasteiger partial charge in [-0.25, -0.2) is 0 Å². The number of hydrogen-bond acceptors (Lipinski definition) is 6. The number of amides is 1. The first kappa shape index (κ1) is 24.6. The van der Waals surface area contributed by atoms with Gasteiger partial charge in [-0.1, -0.05) is 18.2 Å². The molecule has 1 saturated heterocycles. The van der Waals surface area contributed by atoms with Crippen molar-refractivity contribution in [3.05, 3.63) is 94.8 Å². The highest BCUT2D eigenvalue weighted by molar-refractivity contribution is 6.46. The van der Waals surface area contributed by atoms with Gasteiger partial charge in [0.15, 0.2) is 0 Å². The molecule has 2 aliphatic rings. The topological polar surface area (TPSA) is 83.0 Å². The Balaban J connectivity index is 1.60. The SMILES string of the molecule is CCN(CC)c1ccc(C2/C(=C(/O)c3ccc4c(c3)CC(C)O4)C(=O)C(=O)N2Cc2cccnc2)cc1. The lowest BCUT2D eigenvalue weighted by atomic mass is 9.94. The van der Waals surface area contributed by atoms with Gasteiger partial charge in [0, 0.05) is 49.7 Å². The number of carbonyl (C=O) groups excluding carboxylic acids is 2. The van der Waals surface area contributed by atoms with Crippen molar-refractivity contribution < 1.29 is 19.4 Å². The first-order valence-electron chi connectivity index (χ1n) is 12.7. The molecule has 0 spiro atoms. The van der Waals surface area contributed by atoms with Gasteiger partial charge in [0.05, 0.1) is 11.6 Å². The number of aromatic nitrogens is 1. The summed E-state index contributed by atoms with van der Waals surface area (Å²) in [6.07, 6.45) is 4.13. The molecule has 3 heterocycles. The molecule has 0 radical (unpaired) electrons. The van der Waals surface area contributed by atoms with Gasteiger partial charge in [0.25, 0.3) is 11.7 Å². The number of likely N-dealkylation sites (tertiary alicyclic amines) is 1. The first-order valence-corrected chi connectivity index (χ1v) is 12.7. The van der Waals surface area contributed by atoms with Crippen LogP contribution in [0.4, 0.5) is 5.69 Å². The summed E-state index contributed by atoms with van der Waals surface area (Å²) >= 11 is 0. The molecule has 190 valence electrons. The Morgan fingerprint density at radius 1 is 1.11 bits per heavy atom. The van der Waals surface area contributed by atoms with E-state index in [-0.39, 0.29) is 24.0 Å². The molecule has 1 amide bonds. The van der Waals surface area contributed by atoms with Crippen molar-refractivity contribution in [1.29, 1.82) is 0 Å². The Kier molecular flexibility index (Phi) is 6.70. The molecule has 7 heteroatoms. The minimum atomic E-state index is -0.727. The smallest absolute Gasteiger partial charge is 0.295 e. The first-order chi connectivity index (χ1) is 17.9. The van der Waals surface area contributed by atoms with Crippen molar-refractivity contribution in [2.45, 2.75) is 45.9 Å². The summed E-state index contributed by atoms with van der Waals surface area (Å²) in [5, 5.41) is 11.5. The highest BCUT2D eigenvalue weighted by atomic mass is 16.5. The van der Waals surface area contributed by atoms with E-state index in [2.05, 4.69) is 23.7 Å². The lowest BCUT2D eigenvalue weighted by molar-refractivity contribution is -0.140. The van der Waals surface area contributed by atoms with E-state index in [1.807, 2.05) is 49.4 Å². The number of aliphatic hydroxyl groups is 1. The van der Waals surface area contributed by atoms with E-state index in [0.717, 1.165) is 47.6 Å². The van der Waals surface area contributed by atoms with E-state index in [0.29, 0.717) is 5.56 Å². The highest BCUT2D eigenvalue weighted by Gasteiger charge is 2.46. The van der Waals surface area contributed by atoms with Crippen LogP contribution in [-0.4, -0.2) is 45.9 Å². The number of carbonyl (C=O) groups is 2. The lowest BCUT2D eigenvalue weighted by Crippen LogP contribution is -2.29. The molecule has 0 bridgehead atoms. The number of anilines is 1. The minimum absolute atomic E-state index is 0.0572. The van der Waals surface area contributed by atoms with Crippen LogP contribution in [0.15, 0.2) is 72.6 Å². The van der Waals surface area contributed by atoms with Crippen LogP contribution >= 0.6 is 0 Å².